The first-order valence-corrected chi connectivity index (χ1v) is 6.96. The smallest absolute Gasteiger partial charge is 0.285 e. The minimum absolute atomic E-state index is 0.0409. The van der Waals surface area contributed by atoms with Gasteiger partial charge in [-0.25, -0.2) is 4.39 Å². The van der Waals surface area contributed by atoms with Crippen molar-refractivity contribution < 1.29 is 14.1 Å². The molecule has 1 aromatic rings. The van der Waals surface area contributed by atoms with E-state index < -0.39 is 16.4 Å². The fourth-order valence-corrected chi connectivity index (χ4v) is 3.49. The molecule has 0 saturated carbocycles. The summed E-state index contributed by atoms with van der Waals surface area (Å²) in [6, 6.07) is 3.21. The normalized spacial score (nSPS) is 27.7. The lowest BCUT2D eigenvalue weighted by atomic mass is 10.0. The highest BCUT2D eigenvalue weighted by atomic mass is 19.1. The second kappa shape index (κ2) is 5.07. The van der Waals surface area contributed by atoms with Crippen molar-refractivity contribution in [3.63, 3.8) is 0 Å². The zero-order valence-corrected chi connectivity index (χ0v) is 11.6. The zero-order valence-electron chi connectivity index (χ0n) is 11.6. The maximum absolute atomic E-state index is 13.2. The summed E-state index contributed by atoms with van der Waals surface area (Å²) in [4.78, 5) is 24.8. The average Bonchev–Trinajstić information content (AvgIpc) is 2.97. The molecule has 0 radical (unpaired) electrons. The van der Waals surface area contributed by atoms with Gasteiger partial charge in [0.1, 0.15) is 11.4 Å². The lowest BCUT2D eigenvalue weighted by molar-refractivity contribution is -0.385. The molecule has 0 spiro atoms. The zero-order chi connectivity index (χ0) is 15.1. The maximum atomic E-state index is 13.2. The highest BCUT2D eigenvalue weighted by Crippen LogP contribution is 2.34. The van der Waals surface area contributed by atoms with Crippen LogP contribution in [0, 0.1) is 21.8 Å². The molecule has 0 bridgehead atoms. The summed E-state index contributed by atoms with van der Waals surface area (Å²) in [5.41, 5.74) is -0.512. The highest BCUT2D eigenvalue weighted by Gasteiger charge is 2.45. The number of hydrogen-bond acceptors (Lipinski definition) is 4. The summed E-state index contributed by atoms with van der Waals surface area (Å²) in [5, 5.41) is 14.3. The van der Waals surface area contributed by atoms with E-state index in [1.165, 1.54) is 6.07 Å². The van der Waals surface area contributed by atoms with Crippen LogP contribution < -0.4 is 5.32 Å². The second-order valence-corrected chi connectivity index (χ2v) is 5.70. The molecule has 2 fully saturated rings. The van der Waals surface area contributed by atoms with E-state index in [0.29, 0.717) is 12.5 Å². The van der Waals surface area contributed by atoms with E-state index in [0.717, 1.165) is 25.1 Å². The number of nitrogens with one attached hydrogen (secondary N) is 1. The van der Waals surface area contributed by atoms with Crippen molar-refractivity contribution in [2.45, 2.75) is 25.4 Å². The highest BCUT2D eigenvalue weighted by molar-refractivity contribution is 5.98. The molecule has 0 aromatic heterocycles. The average molecular weight is 293 g/mol. The van der Waals surface area contributed by atoms with E-state index in [9.17, 15) is 19.3 Å². The summed E-state index contributed by atoms with van der Waals surface area (Å²) < 4.78 is 13.2. The van der Waals surface area contributed by atoms with Gasteiger partial charge in [0.25, 0.3) is 11.6 Å². The third-order valence-electron chi connectivity index (χ3n) is 4.40. The molecule has 3 rings (SSSR count). The van der Waals surface area contributed by atoms with Gasteiger partial charge in [-0.05, 0) is 31.4 Å². The van der Waals surface area contributed by atoms with Gasteiger partial charge < -0.3 is 10.2 Å². The van der Waals surface area contributed by atoms with Crippen molar-refractivity contribution >= 4 is 11.6 Å². The summed E-state index contributed by atoms with van der Waals surface area (Å²) in [5.74, 6) is -0.706. The van der Waals surface area contributed by atoms with Crippen LogP contribution in [0.4, 0.5) is 10.1 Å². The predicted octanol–water partition coefficient (Wildman–Crippen LogP) is 1.56. The van der Waals surface area contributed by atoms with Crippen molar-refractivity contribution in [1.29, 1.82) is 0 Å². The Kier molecular flexibility index (Phi) is 3.36. The quantitative estimate of drug-likeness (QED) is 0.663. The number of carbonyl (C=O) groups is 1. The number of carbonyl (C=O) groups excluding carboxylic acids is 1. The molecule has 1 N–H and O–H groups in total. The Labute approximate surface area is 121 Å². The number of benzene rings is 1. The van der Waals surface area contributed by atoms with Crippen molar-refractivity contribution in [2.75, 3.05) is 13.1 Å². The Hall–Kier alpha value is -2.02. The molecular formula is C14H16FN3O3. The molecule has 3 unspecified atom stereocenters. The molecule has 112 valence electrons. The number of nitro benzene ring substituents is 1. The topological polar surface area (TPSA) is 75.5 Å². The number of fused-ring (bicyclic) bond motifs is 1. The van der Waals surface area contributed by atoms with Gasteiger partial charge in [0.05, 0.1) is 11.0 Å². The summed E-state index contributed by atoms with van der Waals surface area (Å²) in [6.45, 7) is 3.52. The fraction of sp³-hybridized carbons (Fsp3) is 0.500. The van der Waals surface area contributed by atoms with E-state index in [2.05, 4.69) is 5.32 Å². The summed E-state index contributed by atoms with van der Waals surface area (Å²) >= 11 is 0. The third kappa shape index (κ3) is 2.27. The van der Waals surface area contributed by atoms with Gasteiger partial charge in [-0.2, -0.15) is 0 Å². The molecule has 2 aliphatic heterocycles. The van der Waals surface area contributed by atoms with Crippen LogP contribution >= 0.6 is 0 Å². The molecule has 1 aromatic carbocycles. The number of nitro groups is 1. The van der Waals surface area contributed by atoms with Gasteiger partial charge in [0.2, 0.25) is 0 Å². The monoisotopic (exact) mass is 293 g/mol. The van der Waals surface area contributed by atoms with E-state index in [1.807, 2.05) is 6.92 Å². The molecule has 6 nitrogen and oxygen atoms in total. The molecule has 3 atom stereocenters. The van der Waals surface area contributed by atoms with E-state index in [4.69, 9.17) is 0 Å². The number of hydrogen-bond donors (Lipinski definition) is 1. The second-order valence-electron chi connectivity index (χ2n) is 5.70. The Bertz CT molecular complexity index is 607. The van der Waals surface area contributed by atoms with Gasteiger partial charge in [-0.1, -0.05) is 0 Å². The molecule has 21 heavy (non-hydrogen) atoms. The molecular weight excluding hydrogens is 277 g/mol. The van der Waals surface area contributed by atoms with Crippen molar-refractivity contribution in [1.82, 2.24) is 10.2 Å². The first-order chi connectivity index (χ1) is 9.99. The van der Waals surface area contributed by atoms with Crippen molar-refractivity contribution in [3.8, 4) is 0 Å². The number of halogens is 1. The van der Waals surface area contributed by atoms with Gasteiger partial charge in [-0.15, -0.1) is 0 Å². The fourth-order valence-electron chi connectivity index (χ4n) is 3.49. The Morgan fingerprint density at radius 1 is 1.48 bits per heavy atom. The van der Waals surface area contributed by atoms with Crippen LogP contribution in [-0.2, 0) is 0 Å². The molecule has 2 heterocycles. The first kappa shape index (κ1) is 13.9. The van der Waals surface area contributed by atoms with E-state index in [-0.39, 0.29) is 23.6 Å². The molecule has 0 aliphatic carbocycles. The number of rotatable bonds is 2. The predicted molar refractivity (Wildman–Crippen MR) is 73.5 cm³/mol. The van der Waals surface area contributed by atoms with Crippen LogP contribution in [0.5, 0.6) is 0 Å². The molecule has 2 aliphatic rings. The standard InChI is InChI=1S/C14H16FN3O3/c1-8-4-9-6-16-7-13(9)17(8)14(19)11-3-2-10(15)5-12(11)18(20)21/h2-3,5,8-9,13,16H,4,6-7H2,1H3. The number of likely N-dealkylation sites (tertiary alicyclic amines) is 1. The Morgan fingerprint density at radius 3 is 2.95 bits per heavy atom. The molecule has 2 saturated heterocycles. The Balaban J connectivity index is 1.97. The summed E-state index contributed by atoms with van der Waals surface area (Å²) in [6.07, 6.45) is 0.887. The van der Waals surface area contributed by atoms with E-state index >= 15 is 0 Å². The third-order valence-corrected chi connectivity index (χ3v) is 4.40. The molecule has 1 amide bonds. The van der Waals surface area contributed by atoms with Crippen LogP contribution in [-0.4, -0.2) is 40.9 Å². The number of nitrogens with zero attached hydrogens (tertiary/aromatic N) is 2. The molecule has 7 heteroatoms. The minimum Gasteiger partial charge on any atom is -0.331 e. The van der Waals surface area contributed by atoms with Gasteiger partial charge in [0.15, 0.2) is 0 Å². The minimum atomic E-state index is -0.715. The number of amides is 1. The van der Waals surface area contributed by atoms with Crippen LogP contribution in [0.2, 0.25) is 0 Å². The van der Waals surface area contributed by atoms with Crippen molar-refractivity contribution in [2.24, 2.45) is 5.92 Å². The SMILES string of the molecule is CC1CC2CNCC2N1C(=O)c1ccc(F)cc1[N+](=O)[O-]. The van der Waals surface area contributed by atoms with Crippen LogP contribution in [0.1, 0.15) is 23.7 Å². The summed E-state index contributed by atoms with van der Waals surface area (Å²) in [7, 11) is 0. The largest absolute Gasteiger partial charge is 0.331 e. The Morgan fingerprint density at radius 2 is 2.24 bits per heavy atom. The lowest BCUT2D eigenvalue weighted by Gasteiger charge is -2.27. The van der Waals surface area contributed by atoms with Crippen LogP contribution in [0.15, 0.2) is 18.2 Å². The van der Waals surface area contributed by atoms with Crippen molar-refractivity contribution in [3.05, 3.63) is 39.7 Å². The lowest BCUT2D eigenvalue weighted by Crippen LogP contribution is -2.43. The van der Waals surface area contributed by atoms with Gasteiger partial charge in [0, 0.05) is 25.2 Å². The van der Waals surface area contributed by atoms with E-state index in [1.54, 1.807) is 4.90 Å². The van der Waals surface area contributed by atoms with Gasteiger partial charge >= 0.3 is 0 Å². The van der Waals surface area contributed by atoms with Gasteiger partial charge in [-0.3, -0.25) is 14.9 Å². The first-order valence-electron chi connectivity index (χ1n) is 6.96. The van der Waals surface area contributed by atoms with Crippen LogP contribution in [0.25, 0.3) is 0 Å². The maximum Gasteiger partial charge on any atom is 0.285 e. The van der Waals surface area contributed by atoms with Crippen LogP contribution in [0.3, 0.4) is 0 Å².